The second-order valence-corrected chi connectivity index (χ2v) is 15.0. The first-order valence-corrected chi connectivity index (χ1v) is 15.1. The minimum Gasteiger partial charge on any atom is -0.449 e. The molecule has 0 N–H and O–H groups in total. The fourth-order valence-electron chi connectivity index (χ4n) is 4.71. The van der Waals surface area contributed by atoms with Crippen molar-refractivity contribution in [1.82, 2.24) is 0 Å². The van der Waals surface area contributed by atoms with Crippen LogP contribution in [0.15, 0.2) is 0 Å². The standard InChI is InChI=1S/C20H40BO6PSSi/c1-11(2)20(12(3)4)26-16-15(10-23-30(27-20,13(5)6)14(7)8)24-18(21-28)17(16)25-19(22)29-9/h11-18,21H,10,28H2,1-9H3/t15-,16+,17?,18-/m1/s1. The zero-order valence-corrected chi connectivity index (χ0v) is 22.9. The lowest BCUT2D eigenvalue weighted by molar-refractivity contribution is -0.297. The third-order valence-corrected chi connectivity index (χ3v) is 11.7. The molecule has 0 aromatic rings. The summed E-state index contributed by atoms with van der Waals surface area (Å²) in [6, 6.07) is -0.256. The first-order valence-electron chi connectivity index (χ1n) is 11.1. The number of hydrogen-bond acceptors (Lipinski definition) is 7. The van der Waals surface area contributed by atoms with Crippen LogP contribution in [0.3, 0.4) is 0 Å². The van der Waals surface area contributed by atoms with Crippen LogP contribution in [0.25, 0.3) is 0 Å². The molecule has 0 aromatic heterocycles. The molecule has 2 aliphatic rings. The normalized spacial score (nSPS) is 31.0. The van der Waals surface area contributed by atoms with Crippen molar-refractivity contribution in [3.63, 3.8) is 0 Å². The van der Waals surface area contributed by atoms with Gasteiger partial charge in [-0.3, -0.25) is 0 Å². The lowest BCUT2D eigenvalue weighted by Crippen LogP contribution is -2.64. The summed E-state index contributed by atoms with van der Waals surface area (Å²) in [5.74, 6) is -0.694. The maximum Gasteiger partial charge on any atom is 0.367 e. The smallest absolute Gasteiger partial charge is 0.367 e. The van der Waals surface area contributed by atoms with Crippen molar-refractivity contribution in [2.24, 2.45) is 11.8 Å². The van der Waals surface area contributed by atoms with E-state index in [9.17, 15) is 4.79 Å². The molecule has 5 atom stereocenters. The van der Waals surface area contributed by atoms with Crippen LogP contribution in [0.1, 0.15) is 55.4 Å². The minimum atomic E-state index is -2.66. The lowest BCUT2D eigenvalue weighted by atomic mass is 9.88. The average molecular weight is 478 g/mol. The Morgan fingerprint density at radius 3 is 2.13 bits per heavy atom. The van der Waals surface area contributed by atoms with Gasteiger partial charge in [0.05, 0.1) is 12.6 Å². The van der Waals surface area contributed by atoms with E-state index >= 15 is 0 Å². The molecule has 6 nitrogen and oxygen atoms in total. The van der Waals surface area contributed by atoms with Crippen molar-refractivity contribution in [2.75, 3.05) is 12.9 Å². The molecule has 2 rings (SSSR count). The third kappa shape index (κ3) is 4.97. The molecule has 0 saturated carbocycles. The quantitative estimate of drug-likeness (QED) is 0.316. The van der Waals surface area contributed by atoms with Gasteiger partial charge in [-0.15, -0.1) is 0 Å². The molecule has 0 aliphatic carbocycles. The van der Waals surface area contributed by atoms with Crippen LogP contribution in [0.2, 0.25) is 11.1 Å². The summed E-state index contributed by atoms with van der Waals surface area (Å²) in [4.78, 5) is 12.1. The van der Waals surface area contributed by atoms with Crippen molar-refractivity contribution in [3.05, 3.63) is 0 Å². The first kappa shape index (κ1) is 26.6. The molecule has 174 valence electrons. The first-order chi connectivity index (χ1) is 13.9. The Bertz CT molecular complexity index is 578. The fraction of sp³-hybridized carbons (Fsp3) is 0.950. The summed E-state index contributed by atoms with van der Waals surface area (Å²) in [6.07, 6.45) is 0.473. The predicted octanol–water partition coefficient (Wildman–Crippen LogP) is 4.51. The predicted molar refractivity (Wildman–Crippen MR) is 130 cm³/mol. The monoisotopic (exact) mass is 478 g/mol. The van der Waals surface area contributed by atoms with E-state index < -0.39 is 26.6 Å². The molecule has 2 aliphatic heterocycles. The van der Waals surface area contributed by atoms with Gasteiger partial charge in [-0.2, -0.15) is 9.12 Å². The van der Waals surface area contributed by atoms with Crippen molar-refractivity contribution in [1.29, 1.82) is 0 Å². The van der Waals surface area contributed by atoms with Gasteiger partial charge in [0.25, 0.3) is 0 Å². The summed E-state index contributed by atoms with van der Waals surface area (Å²) >= 11 is 1.06. The molecule has 2 unspecified atom stereocenters. The summed E-state index contributed by atoms with van der Waals surface area (Å²) in [7, 11) is 0.0405. The number of hydrogen-bond donors (Lipinski definition) is 0. The number of ether oxygens (including phenoxy) is 3. The number of thioether (sulfide) groups is 1. The number of rotatable bonds is 6. The Balaban J connectivity index is 2.55. The maximum absolute atomic E-state index is 12.1. The Morgan fingerprint density at radius 2 is 1.70 bits per heavy atom. The third-order valence-electron chi connectivity index (χ3n) is 6.37. The second kappa shape index (κ2) is 10.5. The van der Waals surface area contributed by atoms with Gasteiger partial charge in [-0.05, 0) is 29.1 Å². The number of fused-ring (bicyclic) bond motifs is 1. The highest BCUT2D eigenvalue weighted by Crippen LogP contribution is 2.47. The van der Waals surface area contributed by atoms with Crippen molar-refractivity contribution in [3.8, 4) is 0 Å². The molecule has 0 radical (unpaired) electrons. The summed E-state index contributed by atoms with van der Waals surface area (Å²) < 4.78 is 32.7. The van der Waals surface area contributed by atoms with Crippen molar-refractivity contribution < 1.29 is 27.9 Å². The Labute approximate surface area is 190 Å². The molecule has 30 heavy (non-hydrogen) atoms. The molecule has 0 spiro atoms. The van der Waals surface area contributed by atoms with Crippen LogP contribution in [-0.4, -0.2) is 63.8 Å². The topological polar surface area (TPSA) is 63.2 Å². The van der Waals surface area contributed by atoms with Gasteiger partial charge < -0.3 is 23.1 Å². The van der Waals surface area contributed by atoms with Gasteiger partial charge >= 0.3 is 13.9 Å². The molecular weight excluding hydrogens is 438 g/mol. The molecule has 0 amide bonds. The van der Waals surface area contributed by atoms with Gasteiger partial charge in [-0.25, -0.2) is 4.79 Å². The van der Waals surface area contributed by atoms with E-state index in [2.05, 4.69) is 64.5 Å². The van der Waals surface area contributed by atoms with E-state index in [1.807, 2.05) is 0 Å². The van der Waals surface area contributed by atoms with Crippen molar-refractivity contribution >= 4 is 41.7 Å². The maximum atomic E-state index is 12.1. The molecule has 2 fully saturated rings. The van der Waals surface area contributed by atoms with Crippen LogP contribution in [0, 0.1) is 11.8 Å². The molecule has 2 heterocycles. The molecule has 0 bridgehead atoms. The zero-order chi connectivity index (χ0) is 22.9. The highest BCUT2D eigenvalue weighted by Gasteiger charge is 2.60. The summed E-state index contributed by atoms with van der Waals surface area (Å²) in [5.41, 5.74) is 0.497. The number of carbonyl (C=O) groups excluding carboxylic acids is 1. The van der Waals surface area contributed by atoms with Crippen LogP contribution in [-0.2, 0) is 23.1 Å². The molecule has 2 saturated heterocycles. The van der Waals surface area contributed by atoms with Crippen molar-refractivity contribution in [2.45, 2.75) is 96.6 Å². The van der Waals surface area contributed by atoms with Crippen LogP contribution >= 0.6 is 20.9 Å². The van der Waals surface area contributed by atoms with E-state index in [1.165, 1.54) is 0 Å². The summed E-state index contributed by atoms with van der Waals surface area (Å²) in [5, 5.41) is -0.326. The Hall–Kier alpha value is 0.372. The number of carbonyl (C=O) groups is 1. The minimum absolute atomic E-state index is 0.0798. The van der Waals surface area contributed by atoms with E-state index in [-0.39, 0.29) is 40.3 Å². The average Bonchev–Trinajstić information content (AvgIpc) is 2.96. The largest absolute Gasteiger partial charge is 0.449 e. The van der Waals surface area contributed by atoms with Crippen LogP contribution in [0.5, 0.6) is 0 Å². The van der Waals surface area contributed by atoms with Crippen LogP contribution in [0.4, 0.5) is 4.79 Å². The molecule has 10 heteroatoms. The van der Waals surface area contributed by atoms with E-state index in [1.54, 1.807) is 6.26 Å². The van der Waals surface area contributed by atoms with E-state index in [0.29, 0.717) is 13.6 Å². The van der Waals surface area contributed by atoms with Gasteiger partial charge in [-0.1, -0.05) is 55.4 Å². The van der Waals surface area contributed by atoms with Crippen LogP contribution < -0.4 is 0 Å². The highest BCUT2D eigenvalue weighted by atomic mass is 32.2. The zero-order valence-electron chi connectivity index (χ0n) is 20.0. The Morgan fingerprint density at radius 1 is 1.13 bits per heavy atom. The highest BCUT2D eigenvalue weighted by molar-refractivity contribution is 8.12. The van der Waals surface area contributed by atoms with E-state index in [0.717, 1.165) is 11.8 Å². The SMILES string of the molecule is CSC(=O)OC1[C@H](BP)O[C@@H]2CO[Si](C(C)C)(C(C)C)OC(C(C)C)(C(C)C)O[C@H]12. The molecular formula is C20H40BO6PSSi. The lowest BCUT2D eigenvalue weighted by Gasteiger charge is -2.53. The van der Waals surface area contributed by atoms with E-state index in [4.69, 9.17) is 23.1 Å². The Kier molecular flexibility index (Phi) is 9.35. The second-order valence-electron chi connectivity index (χ2n) is 9.54. The van der Waals surface area contributed by atoms with Gasteiger partial charge in [0, 0.05) is 11.8 Å². The fourth-order valence-corrected chi connectivity index (χ4v) is 9.27. The van der Waals surface area contributed by atoms with Gasteiger partial charge in [0.1, 0.15) is 12.2 Å². The van der Waals surface area contributed by atoms with Gasteiger partial charge in [0.15, 0.2) is 18.9 Å². The molecule has 0 aromatic carbocycles. The van der Waals surface area contributed by atoms with Gasteiger partial charge in [0.2, 0.25) is 0 Å². The summed E-state index contributed by atoms with van der Waals surface area (Å²) in [6.45, 7) is 18.3.